The largest absolute Gasteiger partial charge is 0.342 e. The molecule has 1 unspecified atom stereocenters. The Balaban J connectivity index is 2.10. The van der Waals surface area contributed by atoms with Crippen LogP contribution in [0.2, 0.25) is 0 Å². The second-order valence-corrected chi connectivity index (χ2v) is 4.61. The SMILES string of the molecule is CC1CC(=O)N(CCCNC(C)C)C1. The number of hydrogen-bond donors (Lipinski definition) is 1. The molecule has 1 amide bonds. The lowest BCUT2D eigenvalue weighted by molar-refractivity contribution is -0.127. The van der Waals surface area contributed by atoms with Crippen LogP contribution in [0.4, 0.5) is 0 Å². The molecular formula is C11H22N2O. The number of amides is 1. The Hall–Kier alpha value is -0.570. The summed E-state index contributed by atoms with van der Waals surface area (Å²) in [6.45, 7) is 9.32. The Labute approximate surface area is 86.9 Å². The van der Waals surface area contributed by atoms with Gasteiger partial charge in [0.25, 0.3) is 0 Å². The molecule has 0 aliphatic carbocycles. The molecule has 0 aromatic carbocycles. The van der Waals surface area contributed by atoms with Gasteiger partial charge in [-0.1, -0.05) is 20.8 Å². The van der Waals surface area contributed by atoms with Crippen molar-refractivity contribution in [1.29, 1.82) is 0 Å². The van der Waals surface area contributed by atoms with E-state index >= 15 is 0 Å². The van der Waals surface area contributed by atoms with Crippen LogP contribution in [-0.4, -0.2) is 36.5 Å². The summed E-state index contributed by atoms with van der Waals surface area (Å²) in [5, 5.41) is 3.36. The molecule has 3 heteroatoms. The molecular weight excluding hydrogens is 176 g/mol. The quantitative estimate of drug-likeness (QED) is 0.674. The number of nitrogens with one attached hydrogen (secondary N) is 1. The van der Waals surface area contributed by atoms with E-state index in [1.807, 2.05) is 4.90 Å². The molecule has 0 radical (unpaired) electrons. The highest BCUT2D eigenvalue weighted by molar-refractivity contribution is 5.78. The van der Waals surface area contributed by atoms with Crippen LogP contribution < -0.4 is 5.32 Å². The van der Waals surface area contributed by atoms with Gasteiger partial charge in [0.2, 0.25) is 5.91 Å². The minimum atomic E-state index is 0.335. The molecule has 1 atom stereocenters. The molecule has 82 valence electrons. The van der Waals surface area contributed by atoms with Crippen LogP contribution in [0.3, 0.4) is 0 Å². The summed E-state index contributed by atoms with van der Waals surface area (Å²) in [7, 11) is 0. The minimum absolute atomic E-state index is 0.335. The van der Waals surface area contributed by atoms with Crippen molar-refractivity contribution in [2.75, 3.05) is 19.6 Å². The van der Waals surface area contributed by atoms with Crippen molar-refractivity contribution in [1.82, 2.24) is 10.2 Å². The van der Waals surface area contributed by atoms with Gasteiger partial charge in [0, 0.05) is 25.6 Å². The van der Waals surface area contributed by atoms with Gasteiger partial charge in [0.1, 0.15) is 0 Å². The first kappa shape index (κ1) is 11.5. The second kappa shape index (κ2) is 5.35. The van der Waals surface area contributed by atoms with Crippen LogP contribution in [0.25, 0.3) is 0 Å². The van der Waals surface area contributed by atoms with Crippen LogP contribution in [-0.2, 0) is 4.79 Å². The summed E-state index contributed by atoms with van der Waals surface area (Å²) < 4.78 is 0. The number of hydrogen-bond acceptors (Lipinski definition) is 2. The van der Waals surface area contributed by atoms with Crippen molar-refractivity contribution in [3.8, 4) is 0 Å². The smallest absolute Gasteiger partial charge is 0.222 e. The molecule has 1 heterocycles. The summed E-state index contributed by atoms with van der Waals surface area (Å²) in [5.41, 5.74) is 0. The van der Waals surface area contributed by atoms with Crippen LogP contribution >= 0.6 is 0 Å². The van der Waals surface area contributed by atoms with Crippen LogP contribution in [0.5, 0.6) is 0 Å². The van der Waals surface area contributed by atoms with E-state index in [9.17, 15) is 4.79 Å². The molecule has 1 aliphatic rings. The van der Waals surface area contributed by atoms with Crippen molar-refractivity contribution in [2.24, 2.45) is 5.92 Å². The zero-order valence-electron chi connectivity index (χ0n) is 9.55. The lowest BCUT2D eigenvalue weighted by Crippen LogP contribution is -2.30. The fourth-order valence-corrected chi connectivity index (χ4v) is 1.85. The van der Waals surface area contributed by atoms with Crippen molar-refractivity contribution in [3.63, 3.8) is 0 Å². The topological polar surface area (TPSA) is 32.3 Å². The van der Waals surface area contributed by atoms with E-state index in [4.69, 9.17) is 0 Å². The van der Waals surface area contributed by atoms with Gasteiger partial charge in [-0.25, -0.2) is 0 Å². The van der Waals surface area contributed by atoms with Crippen LogP contribution in [0, 0.1) is 5.92 Å². The molecule has 3 nitrogen and oxygen atoms in total. The summed E-state index contributed by atoms with van der Waals surface area (Å²) in [4.78, 5) is 13.4. The van der Waals surface area contributed by atoms with E-state index in [1.54, 1.807) is 0 Å². The highest BCUT2D eigenvalue weighted by Gasteiger charge is 2.25. The summed E-state index contributed by atoms with van der Waals surface area (Å²) in [6.07, 6.45) is 1.81. The van der Waals surface area contributed by atoms with Crippen molar-refractivity contribution in [2.45, 2.75) is 39.7 Å². The average molecular weight is 198 g/mol. The lowest BCUT2D eigenvalue weighted by atomic mass is 10.2. The highest BCUT2D eigenvalue weighted by Crippen LogP contribution is 2.16. The number of rotatable bonds is 5. The summed E-state index contributed by atoms with van der Waals surface area (Å²) >= 11 is 0. The van der Waals surface area contributed by atoms with E-state index in [-0.39, 0.29) is 0 Å². The molecule has 1 saturated heterocycles. The van der Waals surface area contributed by atoms with E-state index in [0.29, 0.717) is 17.9 Å². The van der Waals surface area contributed by atoms with E-state index in [2.05, 4.69) is 26.1 Å². The number of nitrogens with zero attached hydrogens (tertiary/aromatic N) is 1. The van der Waals surface area contributed by atoms with Gasteiger partial charge in [0.05, 0.1) is 0 Å². The molecule has 0 aromatic heterocycles. The third-order valence-electron chi connectivity index (χ3n) is 2.57. The van der Waals surface area contributed by atoms with Gasteiger partial charge in [-0.15, -0.1) is 0 Å². The summed E-state index contributed by atoms with van der Waals surface area (Å²) in [5.74, 6) is 0.891. The first-order chi connectivity index (χ1) is 6.59. The maximum Gasteiger partial charge on any atom is 0.222 e. The Morgan fingerprint density at radius 1 is 1.57 bits per heavy atom. The van der Waals surface area contributed by atoms with Crippen molar-refractivity contribution in [3.05, 3.63) is 0 Å². The van der Waals surface area contributed by atoms with Crippen LogP contribution in [0.1, 0.15) is 33.6 Å². The zero-order chi connectivity index (χ0) is 10.6. The monoisotopic (exact) mass is 198 g/mol. The Morgan fingerprint density at radius 2 is 2.29 bits per heavy atom. The van der Waals surface area contributed by atoms with Crippen molar-refractivity contribution >= 4 is 5.91 Å². The predicted molar refractivity (Wildman–Crippen MR) is 58.1 cm³/mol. The maximum atomic E-state index is 11.4. The number of carbonyl (C=O) groups is 1. The van der Waals surface area contributed by atoms with Gasteiger partial charge in [-0.05, 0) is 18.9 Å². The summed E-state index contributed by atoms with van der Waals surface area (Å²) in [6, 6.07) is 0.545. The number of likely N-dealkylation sites (tertiary alicyclic amines) is 1. The van der Waals surface area contributed by atoms with Gasteiger partial charge in [0.15, 0.2) is 0 Å². The van der Waals surface area contributed by atoms with E-state index in [1.165, 1.54) is 0 Å². The standard InChI is InChI=1S/C11H22N2O/c1-9(2)12-5-4-6-13-8-10(3)7-11(13)14/h9-10,12H,4-8H2,1-3H3. The Bertz CT molecular complexity index is 192. The molecule has 1 fully saturated rings. The Kier molecular flexibility index (Phi) is 4.39. The molecule has 1 aliphatic heterocycles. The van der Waals surface area contributed by atoms with Gasteiger partial charge < -0.3 is 10.2 Å². The molecule has 0 aromatic rings. The maximum absolute atomic E-state index is 11.4. The third-order valence-corrected chi connectivity index (χ3v) is 2.57. The van der Waals surface area contributed by atoms with E-state index < -0.39 is 0 Å². The highest BCUT2D eigenvalue weighted by atomic mass is 16.2. The lowest BCUT2D eigenvalue weighted by Gasteiger charge is -2.16. The van der Waals surface area contributed by atoms with E-state index in [0.717, 1.165) is 32.5 Å². The van der Waals surface area contributed by atoms with Gasteiger partial charge >= 0.3 is 0 Å². The van der Waals surface area contributed by atoms with Crippen molar-refractivity contribution < 1.29 is 4.79 Å². The normalized spacial score (nSPS) is 22.4. The fourth-order valence-electron chi connectivity index (χ4n) is 1.85. The van der Waals surface area contributed by atoms with Gasteiger partial charge in [-0.3, -0.25) is 4.79 Å². The third kappa shape index (κ3) is 3.66. The molecule has 1 N–H and O–H groups in total. The first-order valence-electron chi connectivity index (χ1n) is 5.60. The zero-order valence-corrected chi connectivity index (χ0v) is 9.55. The predicted octanol–water partition coefficient (Wildman–Crippen LogP) is 1.24. The first-order valence-corrected chi connectivity index (χ1v) is 5.60. The second-order valence-electron chi connectivity index (χ2n) is 4.61. The average Bonchev–Trinajstić information content (AvgIpc) is 2.39. The molecule has 14 heavy (non-hydrogen) atoms. The molecule has 1 rings (SSSR count). The minimum Gasteiger partial charge on any atom is -0.342 e. The molecule has 0 spiro atoms. The Morgan fingerprint density at radius 3 is 2.79 bits per heavy atom. The van der Waals surface area contributed by atoms with Crippen LogP contribution in [0.15, 0.2) is 0 Å². The fraction of sp³-hybridized carbons (Fsp3) is 0.909. The molecule has 0 bridgehead atoms. The number of carbonyl (C=O) groups excluding carboxylic acids is 1. The molecule has 0 saturated carbocycles. The van der Waals surface area contributed by atoms with Gasteiger partial charge in [-0.2, -0.15) is 0 Å².